The summed E-state index contributed by atoms with van der Waals surface area (Å²) >= 11 is 0. The van der Waals surface area contributed by atoms with Crippen molar-refractivity contribution in [1.82, 2.24) is 0 Å². The van der Waals surface area contributed by atoms with Crippen LogP contribution in [0.25, 0.3) is 5.57 Å². The fourth-order valence-corrected chi connectivity index (χ4v) is 3.88. The maximum absolute atomic E-state index is 12.4. The number of aryl methyl sites for hydroxylation is 1. The van der Waals surface area contributed by atoms with Gasteiger partial charge in [-0.25, -0.2) is 4.79 Å². The summed E-state index contributed by atoms with van der Waals surface area (Å²) in [7, 11) is 0. The fraction of sp³-hybridized carbons (Fsp3) is 0.423. The maximum Gasteiger partial charge on any atom is 0.343 e. The number of allylic oxidation sites excluding steroid dienone is 2. The lowest BCUT2D eigenvalue weighted by Gasteiger charge is -2.22. The highest BCUT2D eigenvalue weighted by Crippen LogP contribution is 2.33. The Morgan fingerprint density at radius 2 is 1.75 bits per heavy atom. The van der Waals surface area contributed by atoms with Crippen LogP contribution in [-0.4, -0.2) is 5.97 Å². The normalized spacial score (nSPS) is 16.5. The van der Waals surface area contributed by atoms with Gasteiger partial charge in [-0.1, -0.05) is 69.9 Å². The van der Waals surface area contributed by atoms with Crippen LogP contribution in [0, 0.1) is 5.92 Å². The highest BCUT2D eigenvalue weighted by atomic mass is 16.5. The average molecular weight is 377 g/mol. The number of hydrogen-bond donors (Lipinski definition) is 0. The molecule has 1 unspecified atom stereocenters. The third-order valence-electron chi connectivity index (χ3n) is 5.77. The van der Waals surface area contributed by atoms with Crippen molar-refractivity contribution < 1.29 is 9.53 Å². The monoisotopic (exact) mass is 376 g/mol. The Hall–Kier alpha value is -2.35. The van der Waals surface area contributed by atoms with Crippen LogP contribution in [0.1, 0.15) is 80.3 Å². The minimum Gasteiger partial charge on any atom is -0.423 e. The number of rotatable bonds is 8. The number of hydrogen-bond acceptors (Lipinski definition) is 2. The van der Waals surface area contributed by atoms with Crippen molar-refractivity contribution >= 4 is 11.5 Å². The van der Waals surface area contributed by atoms with E-state index in [-0.39, 0.29) is 5.97 Å². The molecule has 0 heterocycles. The number of carbonyl (C=O) groups is 1. The number of carbonyl (C=O) groups excluding carboxylic acids is 1. The zero-order chi connectivity index (χ0) is 19.8. The molecule has 3 rings (SSSR count). The second kappa shape index (κ2) is 10.3. The van der Waals surface area contributed by atoms with Crippen molar-refractivity contribution in [3.8, 4) is 5.75 Å². The van der Waals surface area contributed by atoms with Gasteiger partial charge in [0.05, 0.1) is 5.56 Å². The Morgan fingerprint density at radius 3 is 2.36 bits per heavy atom. The number of benzene rings is 2. The molecular formula is C26H32O2. The smallest absolute Gasteiger partial charge is 0.343 e. The standard InChI is InChI=1S/C26H32O2/c1-3-5-6-7-21-8-12-22(13-9-21)23-14-16-24(17-15-23)26(27)28-25-18-10-20(4-2)11-19-25/h10-12,14-19,21H,3-9,13H2,1-2H3. The average Bonchev–Trinajstić information content (AvgIpc) is 2.75. The van der Waals surface area contributed by atoms with E-state index in [0.29, 0.717) is 11.3 Å². The van der Waals surface area contributed by atoms with Gasteiger partial charge in [-0.15, -0.1) is 0 Å². The molecule has 0 spiro atoms. The van der Waals surface area contributed by atoms with E-state index in [4.69, 9.17) is 4.74 Å². The van der Waals surface area contributed by atoms with Gasteiger partial charge in [-0.2, -0.15) is 0 Å². The van der Waals surface area contributed by atoms with Crippen LogP contribution in [0.3, 0.4) is 0 Å². The summed E-state index contributed by atoms with van der Waals surface area (Å²) in [5.74, 6) is 1.14. The SMILES string of the molecule is CCCCCC1CC=C(c2ccc(C(=O)Oc3ccc(CC)cc3)cc2)CC1. The van der Waals surface area contributed by atoms with E-state index < -0.39 is 0 Å². The summed E-state index contributed by atoms with van der Waals surface area (Å²) in [5.41, 5.74) is 4.48. The molecule has 1 aliphatic carbocycles. The molecule has 0 amide bonds. The van der Waals surface area contributed by atoms with Gasteiger partial charge < -0.3 is 4.74 Å². The molecule has 0 fully saturated rings. The van der Waals surface area contributed by atoms with Crippen LogP contribution in [0.4, 0.5) is 0 Å². The Labute approximate surface area is 169 Å². The molecule has 148 valence electrons. The number of ether oxygens (including phenoxy) is 1. The van der Waals surface area contributed by atoms with E-state index in [0.717, 1.165) is 18.8 Å². The number of unbranched alkanes of at least 4 members (excludes halogenated alkanes) is 2. The van der Waals surface area contributed by atoms with Gasteiger partial charge in [0, 0.05) is 0 Å². The second-order valence-corrected chi connectivity index (χ2v) is 7.83. The fourth-order valence-electron chi connectivity index (χ4n) is 3.88. The predicted molar refractivity (Wildman–Crippen MR) is 117 cm³/mol. The molecule has 0 aliphatic heterocycles. The first kappa shape index (κ1) is 20.4. The maximum atomic E-state index is 12.4. The first-order valence-electron chi connectivity index (χ1n) is 10.8. The van der Waals surface area contributed by atoms with Gasteiger partial charge in [0.15, 0.2) is 0 Å². The topological polar surface area (TPSA) is 26.3 Å². The largest absolute Gasteiger partial charge is 0.423 e. The van der Waals surface area contributed by atoms with E-state index in [1.165, 1.54) is 55.2 Å². The molecule has 1 atom stereocenters. The molecule has 2 aromatic carbocycles. The van der Waals surface area contributed by atoms with Crippen LogP contribution in [0.5, 0.6) is 5.75 Å². The third-order valence-corrected chi connectivity index (χ3v) is 5.77. The van der Waals surface area contributed by atoms with E-state index in [9.17, 15) is 4.79 Å². The summed E-state index contributed by atoms with van der Waals surface area (Å²) in [6.07, 6.45) is 12.4. The Kier molecular flexibility index (Phi) is 7.47. The first-order valence-corrected chi connectivity index (χ1v) is 10.8. The van der Waals surface area contributed by atoms with Gasteiger partial charge in [0.25, 0.3) is 0 Å². The van der Waals surface area contributed by atoms with E-state index in [2.05, 4.69) is 32.1 Å². The minimum absolute atomic E-state index is 0.301. The highest BCUT2D eigenvalue weighted by Gasteiger charge is 2.16. The van der Waals surface area contributed by atoms with E-state index in [1.54, 1.807) is 0 Å². The zero-order valence-electron chi connectivity index (χ0n) is 17.2. The first-order chi connectivity index (χ1) is 13.7. The van der Waals surface area contributed by atoms with Crippen molar-refractivity contribution in [2.45, 2.75) is 65.2 Å². The van der Waals surface area contributed by atoms with Crippen molar-refractivity contribution in [2.75, 3.05) is 0 Å². The lowest BCUT2D eigenvalue weighted by Crippen LogP contribution is -2.09. The summed E-state index contributed by atoms with van der Waals surface area (Å²) in [6.45, 7) is 4.37. The van der Waals surface area contributed by atoms with Crippen LogP contribution < -0.4 is 4.74 Å². The van der Waals surface area contributed by atoms with Gasteiger partial charge in [0.2, 0.25) is 0 Å². The summed E-state index contributed by atoms with van der Waals surface area (Å²) in [4.78, 5) is 12.4. The van der Waals surface area contributed by atoms with Crippen LogP contribution in [-0.2, 0) is 6.42 Å². The van der Waals surface area contributed by atoms with Gasteiger partial charge in [-0.05, 0) is 72.6 Å². The molecule has 0 aromatic heterocycles. The van der Waals surface area contributed by atoms with E-state index >= 15 is 0 Å². The van der Waals surface area contributed by atoms with Gasteiger partial charge in [-0.3, -0.25) is 0 Å². The quantitative estimate of drug-likeness (QED) is 0.276. The minimum atomic E-state index is -0.301. The molecular weight excluding hydrogens is 344 g/mol. The van der Waals surface area contributed by atoms with E-state index in [1.807, 2.05) is 36.4 Å². The summed E-state index contributed by atoms with van der Waals surface area (Å²) < 4.78 is 5.49. The van der Waals surface area contributed by atoms with Crippen molar-refractivity contribution in [1.29, 1.82) is 0 Å². The van der Waals surface area contributed by atoms with Crippen LogP contribution >= 0.6 is 0 Å². The third kappa shape index (κ3) is 5.58. The zero-order valence-corrected chi connectivity index (χ0v) is 17.2. The molecule has 0 radical (unpaired) electrons. The Bertz CT molecular complexity index is 784. The highest BCUT2D eigenvalue weighted by molar-refractivity contribution is 5.91. The molecule has 2 nitrogen and oxygen atoms in total. The molecule has 28 heavy (non-hydrogen) atoms. The summed E-state index contributed by atoms with van der Waals surface area (Å²) in [6, 6.07) is 15.6. The molecule has 2 heteroatoms. The van der Waals surface area contributed by atoms with Gasteiger partial charge >= 0.3 is 5.97 Å². The molecule has 1 aliphatic rings. The molecule has 0 saturated carbocycles. The van der Waals surface area contributed by atoms with Crippen molar-refractivity contribution in [2.24, 2.45) is 5.92 Å². The number of esters is 1. The molecule has 2 aromatic rings. The van der Waals surface area contributed by atoms with Crippen molar-refractivity contribution in [3.05, 3.63) is 71.3 Å². The molecule has 0 bridgehead atoms. The Balaban J connectivity index is 1.56. The van der Waals surface area contributed by atoms with Crippen LogP contribution in [0.15, 0.2) is 54.6 Å². The summed E-state index contributed by atoms with van der Waals surface area (Å²) in [5, 5.41) is 0. The molecule has 0 N–H and O–H groups in total. The van der Waals surface area contributed by atoms with Crippen LogP contribution in [0.2, 0.25) is 0 Å². The molecule has 0 saturated heterocycles. The lowest BCUT2D eigenvalue weighted by atomic mass is 9.84. The van der Waals surface area contributed by atoms with Gasteiger partial charge in [0.1, 0.15) is 5.75 Å². The predicted octanol–water partition coefficient (Wildman–Crippen LogP) is 7.23. The Morgan fingerprint density at radius 1 is 1.00 bits per heavy atom. The van der Waals surface area contributed by atoms with Crippen molar-refractivity contribution in [3.63, 3.8) is 0 Å². The lowest BCUT2D eigenvalue weighted by molar-refractivity contribution is 0.0734. The second-order valence-electron chi connectivity index (χ2n) is 7.83.